The number of hydrogen-bond acceptors (Lipinski definition) is 3. The molecular formula is C18H24N2O3. The van der Waals surface area contributed by atoms with Crippen LogP contribution in [-0.4, -0.2) is 37.3 Å². The van der Waals surface area contributed by atoms with Crippen LogP contribution in [0, 0.1) is 5.92 Å². The monoisotopic (exact) mass is 316 g/mol. The summed E-state index contributed by atoms with van der Waals surface area (Å²) in [6.07, 6.45) is 3.26. The Morgan fingerprint density at radius 1 is 1.48 bits per heavy atom. The van der Waals surface area contributed by atoms with Gasteiger partial charge in [-0.25, -0.2) is 0 Å². The number of fused-ring (bicyclic) bond motifs is 1. The Kier molecular flexibility index (Phi) is 4.86. The highest BCUT2D eigenvalue weighted by molar-refractivity contribution is 6.00. The van der Waals surface area contributed by atoms with Crippen molar-refractivity contribution in [2.45, 2.75) is 19.3 Å². The number of aryl methyl sites for hydroxylation is 1. The molecule has 0 spiro atoms. The normalized spacial score (nSPS) is 17.6. The molecule has 124 valence electrons. The maximum absolute atomic E-state index is 12.4. The third-order valence-electron chi connectivity index (χ3n) is 4.60. The molecule has 1 aliphatic heterocycles. The highest BCUT2D eigenvalue weighted by Gasteiger charge is 2.17. The number of ether oxygens (including phenoxy) is 2. The van der Waals surface area contributed by atoms with Gasteiger partial charge < -0.3 is 19.4 Å². The minimum absolute atomic E-state index is 0.0339. The minimum atomic E-state index is -0.0339. The van der Waals surface area contributed by atoms with Crippen molar-refractivity contribution in [3.05, 3.63) is 30.0 Å². The van der Waals surface area contributed by atoms with Crippen LogP contribution >= 0.6 is 0 Å². The molecule has 1 aliphatic rings. The van der Waals surface area contributed by atoms with Crippen LogP contribution < -0.4 is 10.1 Å². The third-order valence-corrected chi connectivity index (χ3v) is 4.60. The first kappa shape index (κ1) is 15.9. The predicted octanol–water partition coefficient (Wildman–Crippen LogP) is 2.73. The standard InChI is InChI=1S/C18H24N2O3/c1-20-15-6-3-7-17(22-2)14(15)11-16(20)18(21)19-9-4-5-13-8-10-23-12-13/h3,6-7,11,13H,4-5,8-10,12H2,1-2H3,(H,19,21)/t13-/m1/s1. The molecule has 23 heavy (non-hydrogen) atoms. The van der Waals surface area contributed by atoms with Crippen LogP contribution in [0.2, 0.25) is 0 Å². The Bertz CT molecular complexity index is 687. The second kappa shape index (κ2) is 7.04. The Morgan fingerprint density at radius 2 is 2.35 bits per heavy atom. The van der Waals surface area contributed by atoms with Gasteiger partial charge in [0.25, 0.3) is 5.91 Å². The topological polar surface area (TPSA) is 52.5 Å². The van der Waals surface area contributed by atoms with Gasteiger partial charge in [-0.3, -0.25) is 4.79 Å². The highest BCUT2D eigenvalue weighted by atomic mass is 16.5. The molecule has 1 aromatic carbocycles. The summed E-state index contributed by atoms with van der Waals surface area (Å²) in [6.45, 7) is 2.46. The maximum Gasteiger partial charge on any atom is 0.267 e. The summed E-state index contributed by atoms with van der Waals surface area (Å²) < 4.78 is 12.7. The Hall–Kier alpha value is -2.01. The largest absolute Gasteiger partial charge is 0.496 e. The lowest BCUT2D eigenvalue weighted by Crippen LogP contribution is -2.26. The van der Waals surface area contributed by atoms with Crippen molar-refractivity contribution in [2.24, 2.45) is 13.0 Å². The first-order chi connectivity index (χ1) is 11.2. The Balaban J connectivity index is 1.62. The Labute approximate surface area is 136 Å². The molecule has 1 fully saturated rings. The van der Waals surface area contributed by atoms with E-state index < -0.39 is 0 Å². The summed E-state index contributed by atoms with van der Waals surface area (Å²) in [6, 6.07) is 7.74. The molecule has 5 nitrogen and oxygen atoms in total. The van der Waals surface area contributed by atoms with Crippen LogP contribution in [0.3, 0.4) is 0 Å². The van der Waals surface area contributed by atoms with Gasteiger partial charge >= 0.3 is 0 Å². The molecule has 1 saturated heterocycles. The molecule has 0 radical (unpaired) electrons. The first-order valence-corrected chi connectivity index (χ1v) is 8.19. The number of carbonyl (C=O) groups is 1. The van der Waals surface area contributed by atoms with Gasteiger partial charge in [0.1, 0.15) is 11.4 Å². The second-order valence-electron chi connectivity index (χ2n) is 6.11. The van der Waals surface area contributed by atoms with E-state index in [4.69, 9.17) is 9.47 Å². The zero-order valence-corrected chi connectivity index (χ0v) is 13.8. The number of nitrogens with one attached hydrogen (secondary N) is 1. The molecule has 1 N–H and O–H groups in total. The van der Waals surface area contributed by atoms with Crippen molar-refractivity contribution in [2.75, 3.05) is 26.9 Å². The van der Waals surface area contributed by atoms with Crippen molar-refractivity contribution >= 4 is 16.8 Å². The van der Waals surface area contributed by atoms with E-state index in [1.165, 1.54) is 0 Å². The van der Waals surface area contributed by atoms with Gasteiger partial charge in [0.05, 0.1) is 12.6 Å². The molecule has 0 aliphatic carbocycles. The summed E-state index contributed by atoms with van der Waals surface area (Å²) in [7, 11) is 3.56. The predicted molar refractivity (Wildman–Crippen MR) is 90.0 cm³/mol. The van der Waals surface area contributed by atoms with Gasteiger partial charge in [0, 0.05) is 32.2 Å². The summed E-state index contributed by atoms with van der Waals surface area (Å²) in [4.78, 5) is 12.4. The molecule has 2 heterocycles. The molecule has 1 atom stereocenters. The second-order valence-corrected chi connectivity index (χ2v) is 6.11. The van der Waals surface area contributed by atoms with E-state index in [1.54, 1.807) is 7.11 Å². The quantitative estimate of drug-likeness (QED) is 0.834. The molecule has 5 heteroatoms. The molecule has 0 saturated carbocycles. The number of amides is 1. The fraction of sp³-hybridized carbons (Fsp3) is 0.500. The van der Waals surface area contributed by atoms with Gasteiger partial charge in [-0.05, 0) is 43.4 Å². The fourth-order valence-electron chi connectivity index (χ4n) is 3.22. The van der Waals surface area contributed by atoms with Gasteiger partial charge in [-0.1, -0.05) is 6.07 Å². The fourth-order valence-corrected chi connectivity index (χ4v) is 3.22. The number of carbonyl (C=O) groups excluding carboxylic acids is 1. The summed E-state index contributed by atoms with van der Waals surface area (Å²) in [5.74, 6) is 1.42. The zero-order chi connectivity index (χ0) is 16.2. The van der Waals surface area contributed by atoms with Crippen LogP contribution in [0.15, 0.2) is 24.3 Å². The van der Waals surface area contributed by atoms with E-state index in [-0.39, 0.29) is 5.91 Å². The maximum atomic E-state index is 12.4. The Morgan fingerprint density at radius 3 is 3.09 bits per heavy atom. The summed E-state index contributed by atoms with van der Waals surface area (Å²) in [5.41, 5.74) is 1.66. The van der Waals surface area contributed by atoms with Crippen LogP contribution in [0.25, 0.3) is 10.9 Å². The van der Waals surface area contributed by atoms with E-state index >= 15 is 0 Å². The first-order valence-electron chi connectivity index (χ1n) is 8.19. The zero-order valence-electron chi connectivity index (χ0n) is 13.8. The van der Waals surface area contributed by atoms with Gasteiger partial charge in [0.15, 0.2) is 0 Å². The highest BCUT2D eigenvalue weighted by Crippen LogP contribution is 2.28. The number of methoxy groups -OCH3 is 1. The average Bonchev–Trinajstić information content (AvgIpc) is 3.19. The molecule has 2 aromatic rings. The molecule has 0 bridgehead atoms. The molecule has 1 amide bonds. The van der Waals surface area contributed by atoms with Crippen LogP contribution in [0.1, 0.15) is 29.8 Å². The lowest BCUT2D eigenvalue weighted by Gasteiger charge is -2.09. The number of benzene rings is 1. The number of hydrogen-bond donors (Lipinski definition) is 1. The lowest BCUT2D eigenvalue weighted by molar-refractivity contribution is 0.0944. The average molecular weight is 316 g/mol. The van der Waals surface area contributed by atoms with E-state index in [9.17, 15) is 4.79 Å². The van der Waals surface area contributed by atoms with Crippen LogP contribution in [-0.2, 0) is 11.8 Å². The van der Waals surface area contributed by atoms with Crippen molar-refractivity contribution in [1.82, 2.24) is 9.88 Å². The number of nitrogens with zero attached hydrogens (tertiary/aromatic N) is 1. The smallest absolute Gasteiger partial charge is 0.267 e. The van der Waals surface area contributed by atoms with E-state index in [1.807, 2.05) is 35.9 Å². The SMILES string of the molecule is COc1cccc2c1cc(C(=O)NCCC[C@@H]1CCOC1)n2C. The number of aromatic nitrogens is 1. The van der Waals surface area contributed by atoms with E-state index in [0.29, 0.717) is 18.2 Å². The van der Waals surface area contributed by atoms with Crippen LogP contribution in [0.4, 0.5) is 0 Å². The number of rotatable bonds is 6. The van der Waals surface area contributed by atoms with Crippen molar-refractivity contribution in [1.29, 1.82) is 0 Å². The molecular weight excluding hydrogens is 292 g/mol. The molecule has 0 unspecified atom stereocenters. The lowest BCUT2D eigenvalue weighted by atomic mass is 10.0. The van der Waals surface area contributed by atoms with Gasteiger partial charge in [-0.2, -0.15) is 0 Å². The third kappa shape index (κ3) is 3.34. The van der Waals surface area contributed by atoms with Crippen molar-refractivity contribution in [3.63, 3.8) is 0 Å². The van der Waals surface area contributed by atoms with Gasteiger partial charge in [-0.15, -0.1) is 0 Å². The summed E-state index contributed by atoms with van der Waals surface area (Å²) >= 11 is 0. The van der Waals surface area contributed by atoms with E-state index in [2.05, 4.69) is 5.32 Å². The van der Waals surface area contributed by atoms with E-state index in [0.717, 1.165) is 49.1 Å². The summed E-state index contributed by atoms with van der Waals surface area (Å²) in [5, 5.41) is 3.98. The van der Waals surface area contributed by atoms with Crippen molar-refractivity contribution in [3.8, 4) is 5.75 Å². The minimum Gasteiger partial charge on any atom is -0.496 e. The molecule has 1 aromatic heterocycles. The molecule has 3 rings (SSSR count). The van der Waals surface area contributed by atoms with Crippen molar-refractivity contribution < 1.29 is 14.3 Å². The van der Waals surface area contributed by atoms with Gasteiger partial charge in [0.2, 0.25) is 0 Å². The van der Waals surface area contributed by atoms with Crippen LogP contribution in [0.5, 0.6) is 5.75 Å².